The van der Waals surface area contributed by atoms with Gasteiger partial charge in [-0.05, 0) is 12.1 Å². The van der Waals surface area contributed by atoms with Crippen LogP contribution < -0.4 is 5.56 Å². The maximum atomic E-state index is 13.4. The van der Waals surface area contributed by atoms with Crippen LogP contribution in [0.3, 0.4) is 0 Å². The van der Waals surface area contributed by atoms with E-state index >= 15 is 0 Å². The van der Waals surface area contributed by atoms with Gasteiger partial charge in [0.1, 0.15) is 5.82 Å². The van der Waals surface area contributed by atoms with Gasteiger partial charge in [-0.25, -0.2) is 9.18 Å². The van der Waals surface area contributed by atoms with Gasteiger partial charge in [0.2, 0.25) is 0 Å². The van der Waals surface area contributed by atoms with Crippen LogP contribution in [0.4, 0.5) is 17.6 Å². The molecule has 0 aliphatic rings. The molecule has 116 valence electrons. The molecule has 10 heteroatoms. The third kappa shape index (κ3) is 2.93. The van der Waals surface area contributed by atoms with Crippen molar-refractivity contribution in [1.29, 1.82) is 0 Å². The number of rotatable bonds is 2. The van der Waals surface area contributed by atoms with Crippen molar-refractivity contribution in [3.05, 3.63) is 56.7 Å². The number of alkyl halides is 3. The lowest BCUT2D eigenvalue weighted by molar-refractivity contribution is -0.138. The monoisotopic (exact) mass is 336 g/mol. The number of nitrogens with zero attached hydrogens (tertiary/aromatic N) is 2. The number of carbonyl (C=O) groups is 1. The summed E-state index contributed by atoms with van der Waals surface area (Å²) in [4.78, 5) is 22.6. The Kier molecular flexibility index (Phi) is 3.92. The van der Waals surface area contributed by atoms with Crippen molar-refractivity contribution in [2.24, 2.45) is 0 Å². The van der Waals surface area contributed by atoms with Gasteiger partial charge in [-0.1, -0.05) is 11.6 Å². The van der Waals surface area contributed by atoms with E-state index in [0.717, 1.165) is 0 Å². The molecule has 0 saturated carbocycles. The van der Waals surface area contributed by atoms with Crippen molar-refractivity contribution >= 4 is 17.6 Å². The summed E-state index contributed by atoms with van der Waals surface area (Å²) in [6.45, 7) is 0. The standard InChI is InChI=1S/C12H5ClF4N2O3/c13-7-3-8(14)6(11(21)22)2-9(7)19-10(20)1-5(4-18-19)12(15,16)17/h1-4H,(H,21,22). The molecule has 1 heterocycles. The van der Waals surface area contributed by atoms with E-state index in [2.05, 4.69) is 5.10 Å². The molecule has 0 spiro atoms. The molecule has 1 aromatic carbocycles. The minimum atomic E-state index is -4.76. The number of halogens is 5. The molecule has 0 atom stereocenters. The minimum Gasteiger partial charge on any atom is -0.478 e. The Hall–Kier alpha value is -2.42. The Morgan fingerprint density at radius 2 is 1.91 bits per heavy atom. The summed E-state index contributed by atoms with van der Waals surface area (Å²) in [5.74, 6) is -2.78. The summed E-state index contributed by atoms with van der Waals surface area (Å²) in [7, 11) is 0. The molecule has 2 aromatic rings. The SMILES string of the molecule is O=C(O)c1cc(-n2ncc(C(F)(F)F)cc2=O)c(Cl)cc1F. The minimum absolute atomic E-state index is 0.271. The first kappa shape index (κ1) is 16.0. The van der Waals surface area contributed by atoms with Gasteiger partial charge in [-0.15, -0.1) is 0 Å². The molecule has 0 aliphatic carbocycles. The van der Waals surface area contributed by atoms with E-state index in [1.807, 2.05) is 0 Å². The van der Waals surface area contributed by atoms with Crippen LogP contribution in [0.25, 0.3) is 5.69 Å². The number of hydrogen-bond acceptors (Lipinski definition) is 3. The fraction of sp³-hybridized carbons (Fsp3) is 0.0833. The molecule has 0 fully saturated rings. The second-order valence-corrected chi connectivity index (χ2v) is 4.49. The van der Waals surface area contributed by atoms with Crippen LogP contribution in [0.5, 0.6) is 0 Å². The smallest absolute Gasteiger partial charge is 0.418 e. The summed E-state index contributed by atoms with van der Waals surface area (Å²) in [6, 6.07) is 1.61. The summed E-state index contributed by atoms with van der Waals surface area (Å²) < 4.78 is 51.2. The van der Waals surface area contributed by atoms with Crippen LogP contribution in [0.15, 0.2) is 29.2 Å². The van der Waals surface area contributed by atoms with Gasteiger partial charge in [0.15, 0.2) is 0 Å². The summed E-state index contributed by atoms with van der Waals surface area (Å²) in [6.07, 6.45) is -4.38. The zero-order chi connectivity index (χ0) is 16.7. The number of carboxylic acids is 1. The molecular formula is C12H5ClF4N2O3. The van der Waals surface area contributed by atoms with Crippen molar-refractivity contribution in [2.45, 2.75) is 6.18 Å². The van der Waals surface area contributed by atoms with Crippen LogP contribution >= 0.6 is 11.6 Å². The highest BCUT2D eigenvalue weighted by Crippen LogP contribution is 2.28. The Morgan fingerprint density at radius 3 is 2.41 bits per heavy atom. The molecule has 2 rings (SSSR count). The fourth-order valence-electron chi connectivity index (χ4n) is 1.61. The summed E-state index contributed by atoms with van der Waals surface area (Å²) in [5.41, 5.74) is -3.61. The predicted octanol–water partition coefficient (Wildman–Crippen LogP) is 2.74. The zero-order valence-corrected chi connectivity index (χ0v) is 11.1. The second kappa shape index (κ2) is 5.41. The largest absolute Gasteiger partial charge is 0.478 e. The molecule has 0 bridgehead atoms. The molecule has 1 aromatic heterocycles. The van der Waals surface area contributed by atoms with Gasteiger partial charge in [0.05, 0.1) is 28.0 Å². The zero-order valence-electron chi connectivity index (χ0n) is 10.4. The van der Waals surface area contributed by atoms with E-state index in [9.17, 15) is 27.2 Å². The van der Waals surface area contributed by atoms with Crippen molar-refractivity contribution in [3.8, 4) is 5.69 Å². The Balaban J connectivity index is 2.65. The first-order chi connectivity index (χ1) is 10.1. The molecule has 0 unspecified atom stereocenters. The summed E-state index contributed by atoms with van der Waals surface area (Å²) >= 11 is 5.69. The molecule has 0 saturated heterocycles. The first-order valence-electron chi connectivity index (χ1n) is 5.50. The van der Waals surface area contributed by atoms with E-state index in [-0.39, 0.29) is 16.8 Å². The van der Waals surface area contributed by atoms with Crippen molar-refractivity contribution in [3.63, 3.8) is 0 Å². The van der Waals surface area contributed by atoms with Gasteiger partial charge >= 0.3 is 12.1 Å². The lowest BCUT2D eigenvalue weighted by Crippen LogP contribution is -2.24. The van der Waals surface area contributed by atoms with Gasteiger partial charge in [-0.3, -0.25) is 4.79 Å². The van der Waals surface area contributed by atoms with Crippen LogP contribution in [-0.2, 0) is 6.18 Å². The molecule has 0 aliphatic heterocycles. The van der Waals surface area contributed by atoms with Gasteiger partial charge < -0.3 is 5.11 Å². The van der Waals surface area contributed by atoms with Crippen LogP contribution in [0.1, 0.15) is 15.9 Å². The van der Waals surface area contributed by atoms with Gasteiger partial charge in [-0.2, -0.15) is 23.0 Å². The maximum Gasteiger partial charge on any atom is 0.418 e. The van der Waals surface area contributed by atoms with Gasteiger partial charge in [0, 0.05) is 6.07 Å². The van der Waals surface area contributed by atoms with Crippen molar-refractivity contribution in [1.82, 2.24) is 9.78 Å². The highest BCUT2D eigenvalue weighted by Gasteiger charge is 2.32. The number of aromatic carboxylic acids is 1. The van der Waals surface area contributed by atoms with Crippen LogP contribution in [0.2, 0.25) is 5.02 Å². The number of aromatic nitrogens is 2. The number of hydrogen-bond donors (Lipinski definition) is 1. The number of carboxylic acid groups (broad SMARTS) is 1. The lowest BCUT2D eigenvalue weighted by atomic mass is 10.2. The Bertz CT molecular complexity index is 817. The Labute approximate surface area is 124 Å². The average molecular weight is 337 g/mol. The van der Waals surface area contributed by atoms with E-state index in [0.29, 0.717) is 23.0 Å². The first-order valence-corrected chi connectivity index (χ1v) is 5.88. The van der Waals surface area contributed by atoms with E-state index in [4.69, 9.17) is 16.7 Å². The molecule has 22 heavy (non-hydrogen) atoms. The molecule has 0 radical (unpaired) electrons. The van der Waals surface area contributed by atoms with Crippen molar-refractivity contribution in [2.75, 3.05) is 0 Å². The lowest BCUT2D eigenvalue weighted by Gasteiger charge is -2.10. The second-order valence-electron chi connectivity index (χ2n) is 4.08. The maximum absolute atomic E-state index is 13.4. The van der Waals surface area contributed by atoms with Gasteiger partial charge in [0.25, 0.3) is 5.56 Å². The van der Waals surface area contributed by atoms with Crippen molar-refractivity contribution < 1.29 is 27.5 Å². The molecular weight excluding hydrogens is 332 g/mol. The van der Waals surface area contributed by atoms with Crippen LogP contribution in [-0.4, -0.2) is 20.9 Å². The Morgan fingerprint density at radius 1 is 1.27 bits per heavy atom. The van der Waals surface area contributed by atoms with E-state index in [1.165, 1.54) is 0 Å². The molecule has 0 amide bonds. The summed E-state index contributed by atoms with van der Waals surface area (Å²) in [5, 5.41) is 11.7. The normalized spacial score (nSPS) is 11.5. The van der Waals surface area contributed by atoms with E-state index < -0.39 is 34.6 Å². The highest BCUT2D eigenvalue weighted by atomic mass is 35.5. The van der Waals surface area contributed by atoms with Crippen LogP contribution in [0, 0.1) is 5.82 Å². The average Bonchev–Trinajstić information content (AvgIpc) is 2.38. The number of benzene rings is 1. The highest BCUT2D eigenvalue weighted by molar-refractivity contribution is 6.32. The quantitative estimate of drug-likeness (QED) is 0.856. The third-order valence-corrected chi connectivity index (χ3v) is 2.93. The van der Waals surface area contributed by atoms with E-state index in [1.54, 1.807) is 0 Å². The third-order valence-electron chi connectivity index (χ3n) is 2.62. The fourth-order valence-corrected chi connectivity index (χ4v) is 1.84. The topological polar surface area (TPSA) is 72.2 Å². The molecule has 1 N–H and O–H groups in total. The predicted molar refractivity (Wildman–Crippen MR) is 66.8 cm³/mol. The molecule has 5 nitrogen and oxygen atoms in total.